The number of hydrogen-bond acceptors (Lipinski definition) is 4. The fourth-order valence-corrected chi connectivity index (χ4v) is 4.63. The number of fused-ring (bicyclic) bond motifs is 1. The molecule has 7 heteroatoms. The van der Waals surface area contributed by atoms with Crippen molar-refractivity contribution in [3.63, 3.8) is 0 Å². The van der Waals surface area contributed by atoms with Gasteiger partial charge >= 0.3 is 0 Å². The molecule has 0 aromatic heterocycles. The van der Waals surface area contributed by atoms with Crippen LogP contribution in [0.4, 0.5) is 5.69 Å². The van der Waals surface area contributed by atoms with Gasteiger partial charge in [0.15, 0.2) is 0 Å². The molecule has 6 nitrogen and oxygen atoms in total. The smallest absolute Gasteiger partial charge is 0.268 e. The Morgan fingerprint density at radius 1 is 1.26 bits per heavy atom. The van der Waals surface area contributed by atoms with E-state index in [-0.39, 0.29) is 17.1 Å². The van der Waals surface area contributed by atoms with Crippen LogP contribution in [0.15, 0.2) is 47.4 Å². The van der Waals surface area contributed by atoms with E-state index in [9.17, 15) is 18.3 Å². The number of carbonyl (C=O) groups excluding carboxylic acids is 1. The number of anilines is 1. The summed E-state index contributed by atoms with van der Waals surface area (Å²) >= 11 is 0. The number of rotatable bonds is 3. The van der Waals surface area contributed by atoms with Crippen molar-refractivity contribution in [1.82, 2.24) is 0 Å². The number of nitrogens with zero attached hydrogens (tertiary/aromatic N) is 1. The Hall–Kier alpha value is -2.54. The Balaban J connectivity index is 2.21. The van der Waals surface area contributed by atoms with Crippen molar-refractivity contribution in [3.8, 4) is 5.75 Å². The van der Waals surface area contributed by atoms with Crippen molar-refractivity contribution in [3.05, 3.63) is 53.6 Å². The topological polar surface area (TPSA) is 101 Å². The molecular weight excluding hydrogens is 316 g/mol. The third kappa shape index (κ3) is 2.43. The first-order chi connectivity index (χ1) is 10.8. The molecule has 0 saturated heterocycles. The monoisotopic (exact) mass is 332 g/mol. The molecule has 1 amide bonds. The van der Waals surface area contributed by atoms with E-state index in [4.69, 9.17) is 5.73 Å². The minimum atomic E-state index is -4.12. The normalized spacial score (nSPS) is 17.1. The van der Waals surface area contributed by atoms with E-state index in [0.717, 1.165) is 9.87 Å². The Morgan fingerprint density at radius 3 is 2.65 bits per heavy atom. The molecule has 1 aliphatic heterocycles. The predicted octanol–water partition coefficient (Wildman–Crippen LogP) is 1.31. The average molecular weight is 332 g/mol. The summed E-state index contributed by atoms with van der Waals surface area (Å²) in [7, 11) is -4.12. The van der Waals surface area contributed by atoms with Gasteiger partial charge in [-0.15, -0.1) is 0 Å². The van der Waals surface area contributed by atoms with E-state index in [1.54, 1.807) is 37.3 Å². The standard InChI is InChI=1S/C16H16N2O4S/c1-10-6-7-14(19)15(8-10)23(21,22)18-12-5-3-2-4-11(12)9-13(18)16(17)20/h2-8,13,19H,9H2,1H3,(H2,17,20)/t13-/m0/s1. The second-order valence-corrected chi connectivity index (χ2v) is 7.31. The maximum Gasteiger partial charge on any atom is 0.268 e. The molecule has 0 spiro atoms. The molecule has 0 aliphatic carbocycles. The first kappa shape index (κ1) is 15.4. The molecule has 2 aromatic rings. The van der Waals surface area contributed by atoms with E-state index in [0.29, 0.717) is 11.3 Å². The van der Waals surface area contributed by atoms with Crippen LogP contribution >= 0.6 is 0 Å². The van der Waals surface area contributed by atoms with Gasteiger partial charge in [0.25, 0.3) is 10.0 Å². The minimum absolute atomic E-state index is 0.220. The zero-order valence-electron chi connectivity index (χ0n) is 12.4. The molecule has 120 valence electrons. The summed E-state index contributed by atoms with van der Waals surface area (Å²) in [6.45, 7) is 1.72. The SMILES string of the molecule is Cc1ccc(O)c(S(=O)(=O)N2c3ccccc3C[C@H]2C(N)=O)c1. The second-order valence-electron chi connectivity index (χ2n) is 5.52. The summed E-state index contributed by atoms with van der Waals surface area (Å²) in [6.07, 6.45) is 0.220. The maximum atomic E-state index is 13.0. The van der Waals surface area contributed by atoms with Gasteiger partial charge in [0.1, 0.15) is 16.7 Å². The Labute approximate surface area is 134 Å². The van der Waals surface area contributed by atoms with Crippen LogP contribution in [-0.2, 0) is 21.2 Å². The molecule has 0 unspecified atom stereocenters. The molecule has 23 heavy (non-hydrogen) atoms. The zero-order chi connectivity index (χ0) is 16.8. The van der Waals surface area contributed by atoms with Gasteiger partial charge in [-0.25, -0.2) is 8.42 Å². The minimum Gasteiger partial charge on any atom is -0.507 e. The van der Waals surface area contributed by atoms with Gasteiger partial charge in [0.2, 0.25) is 5.91 Å². The zero-order valence-corrected chi connectivity index (χ0v) is 13.2. The van der Waals surface area contributed by atoms with Crippen LogP contribution in [0.1, 0.15) is 11.1 Å². The summed E-state index contributed by atoms with van der Waals surface area (Å²) in [4.78, 5) is 11.5. The number of carbonyl (C=O) groups is 1. The van der Waals surface area contributed by atoms with Crippen LogP contribution in [-0.4, -0.2) is 25.5 Å². The van der Waals surface area contributed by atoms with Crippen molar-refractivity contribution >= 4 is 21.6 Å². The lowest BCUT2D eigenvalue weighted by atomic mass is 10.1. The largest absolute Gasteiger partial charge is 0.507 e. The molecule has 0 saturated carbocycles. The van der Waals surface area contributed by atoms with Crippen molar-refractivity contribution in [1.29, 1.82) is 0 Å². The number of benzene rings is 2. The third-order valence-corrected chi connectivity index (χ3v) is 5.76. The Bertz CT molecular complexity index is 893. The second kappa shape index (κ2) is 5.27. The summed E-state index contributed by atoms with van der Waals surface area (Å²) < 4.78 is 27.1. The molecular formula is C16H16N2O4S. The first-order valence-electron chi connectivity index (χ1n) is 7.03. The molecule has 0 fully saturated rings. The number of para-hydroxylation sites is 1. The number of nitrogens with two attached hydrogens (primary N) is 1. The fraction of sp³-hybridized carbons (Fsp3) is 0.188. The lowest BCUT2D eigenvalue weighted by Gasteiger charge is -2.25. The number of aromatic hydroxyl groups is 1. The van der Waals surface area contributed by atoms with Crippen molar-refractivity contribution in [2.75, 3.05) is 4.31 Å². The van der Waals surface area contributed by atoms with Crippen molar-refractivity contribution < 1.29 is 18.3 Å². The van der Waals surface area contributed by atoms with Gasteiger partial charge < -0.3 is 10.8 Å². The number of sulfonamides is 1. The molecule has 3 rings (SSSR count). The molecule has 1 aliphatic rings. The van der Waals surface area contributed by atoms with Gasteiger partial charge in [-0.3, -0.25) is 9.10 Å². The molecule has 2 aromatic carbocycles. The van der Waals surface area contributed by atoms with Crippen molar-refractivity contribution in [2.45, 2.75) is 24.3 Å². The van der Waals surface area contributed by atoms with Crippen LogP contribution < -0.4 is 10.0 Å². The summed E-state index contributed by atoms with van der Waals surface area (Å²) in [5.41, 5.74) is 7.23. The number of primary amides is 1. The number of amides is 1. The van der Waals surface area contributed by atoms with Crippen LogP contribution in [0, 0.1) is 6.92 Å². The number of phenolic OH excluding ortho intramolecular Hbond substituents is 1. The van der Waals surface area contributed by atoms with Gasteiger partial charge in [0.05, 0.1) is 5.69 Å². The first-order valence-corrected chi connectivity index (χ1v) is 8.47. The lowest BCUT2D eigenvalue weighted by Crippen LogP contribution is -2.46. The van der Waals surface area contributed by atoms with E-state index in [1.165, 1.54) is 12.1 Å². The fourth-order valence-electron chi connectivity index (χ4n) is 2.80. The molecule has 0 bridgehead atoms. The Kier molecular flexibility index (Phi) is 3.52. The van der Waals surface area contributed by atoms with E-state index in [2.05, 4.69) is 0 Å². The average Bonchev–Trinajstić information content (AvgIpc) is 2.90. The Morgan fingerprint density at radius 2 is 1.96 bits per heavy atom. The highest BCUT2D eigenvalue weighted by Crippen LogP contribution is 2.38. The van der Waals surface area contributed by atoms with Crippen LogP contribution in [0.5, 0.6) is 5.75 Å². The predicted molar refractivity (Wildman–Crippen MR) is 85.6 cm³/mol. The quantitative estimate of drug-likeness (QED) is 0.885. The molecule has 1 heterocycles. The third-order valence-electron chi connectivity index (χ3n) is 3.91. The lowest BCUT2D eigenvalue weighted by molar-refractivity contribution is -0.118. The highest BCUT2D eigenvalue weighted by Gasteiger charge is 2.42. The number of hydrogen-bond donors (Lipinski definition) is 2. The highest BCUT2D eigenvalue weighted by atomic mass is 32.2. The molecule has 3 N–H and O–H groups in total. The van der Waals surface area contributed by atoms with E-state index in [1.807, 2.05) is 0 Å². The van der Waals surface area contributed by atoms with Gasteiger partial charge in [0, 0.05) is 6.42 Å². The van der Waals surface area contributed by atoms with Crippen molar-refractivity contribution in [2.24, 2.45) is 5.73 Å². The van der Waals surface area contributed by atoms with E-state index < -0.39 is 22.0 Å². The van der Waals surface area contributed by atoms with Crippen LogP contribution in [0.3, 0.4) is 0 Å². The van der Waals surface area contributed by atoms with E-state index >= 15 is 0 Å². The highest BCUT2D eigenvalue weighted by molar-refractivity contribution is 7.93. The summed E-state index contributed by atoms with van der Waals surface area (Å²) in [5, 5.41) is 9.98. The van der Waals surface area contributed by atoms with Gasteiger partial charge in [-0.2, -0.15) is 0 Å². The molecule has 0 radical (unpaired) electrons. The maximum absolute atomic E-state index is 13.0. The van der Waals surface area contributed by atoms with Gasteiger partial charge in [-0.1, -0.05) is 24.3 Å². The van der Waals surface area contributed by atoms with Crippen LogP contribution in [0.2, 0.25) is 0 Å². The number of phenols is 1. The molecule has 1 atom stereocenters. The summed E-state index contributed by atoms with van der Waals surface area (Å²) in [5.74, 6) is -1.08. The summed E-state index contributed by atoms with van der Waals surface area (Å²) in [6, 6.07) is 10.2. The van der Waals surface area contributed by atoms with Crippen LogP contribution in [0.25, 0.3) is 0 Å². The number of aryl methyl sites for hydroxylation is 1. The van der Waals surface area contributed by atoms with Gasteiger partial charge in [-0.05, 0) is 36.2 Å².